The summed E-state index contributed by atoms with van der Waals surface area (Å²) < 4.78 is 5.82. The van der Waals surface area contributed by atoms with Gasteiger partial charge in [-0.3, -0.25) is 4.79 Å². The van der Waals surface area contributed by atoms with Gasteiger partial charge in [0.15, 0.2) is 0 Å². The van der Waals surface area contributed by atoms with Crippen molar-refractivity contribution < 1.29 is 9.53 Å². The maximum atomic E-state index is 11.3. The Balaban J connectivity index is 1.70. The van der Waals surface area contributed by atoms with Crippen molar-refractivity contribution in [1.82, 2.24) is 10.2 Å². The number of rotatable bonds is 4. The monoisotopic (exact) mass is 268 g/mol. The van der Waals surface area contributed by atoms with Crippen molar-refractivity contribution in [2.75, 3.05) is 26.2 Å². The van der Waals surface area contributed by atoms with Crippen molar-refractivity contribution in [2.24, 2.45) is 11.8 Å². The van der Waals surface area contributed by atoms with Crippen LogP contribution in [0.5, 0.6) is 0 Å². The molecule has 2 heterocycles. The van der Waals surface area contributed by atoms with Crippen LogP contribution in [0, 0.1) is 11.8 Å². The first kappa shape index (κ1) is 14.8. The summed E-state index contributed by atoms with van der Waals surface area (Å²) >= 11 is 0. The number of piperidine rings is 1. The fraction of sp³-hybridized carbons (Fsp3) is 0.933. The average Bonchev–Trinajstić information content (AvgIpc) is 2.85. The molecule has 0 aromatic heterocycles. The van der Waals surface area contributed by atoms with Crippen molar-refractivity contribution in [3.05, 3.63) is 0 Å². The van der Waals surface area contributed by atoms with Gasteiger partial charge in [0, 0.05) is 39.2 Å². The first-order valence-electron chi connectivity index (χ1n) is 7.68. The second-order valence-corrected chi connectivity index (χ2v) is 6.32. The van der Waals surface area contributed by atoms with Gasteiger partial charge in [-0.1, -0.05) is 13.8 Å². The Bertz CT molecular complexity index is 299. The van der Waals surface area contributed by atoms with Crippen LogP contribution < -0.4 is 5.32 Å². The van der Waals surface area contributed by atoms with Crippen LogP contribution in [-0.2, 0) is 9.53 Å². The van der Waals surface area contributed by atoms with Crippen LogP contribution in [0.3, 0.4) is 0 Å². The summed E-state index contributed by atoms with van der Waals surface area (Å²) in [5.74, 6) is 1.47. The van der Waals surface area contributed by atoms with E-state index < -0.39 is 0 Å². The zero-order chi connectivity index (χ0) is 13.8. The Morgan fingerprint density at radius 3 is 2.58 bits per heavy atom. The first-order chi connectivity index (χ1) is 9.08. The highest BCUT2D eigenvalue weighted by molar-refractivity contribution is 5.73. The van der Waals surface area contributed by atoms with E-state index in [0.717, 1.165) is 39.1 Å². The lowest BCUT2D eigenvalue weighted by Crippen LogP contribution is -2.46. The molecule has 0 saturated carbocycles. The van der Waals surface area contributed by atoms with E-state index in [-0.39, 0.29) is 5.91 Å². The quantitative estimate of drug-likeness (QED) is 0.843. The molecular formula is C15H28N2O2. The number of nitrogens with zero attached hydrogens (tertiary/aromatic N) is 1. The van der Waals surface area contributed by atoms with Gasteiger partial charge < -0.3 is 15.0 Å². The fourth-order valence-electron chi connectivity index (χ4n) is 3.33. The van der Waals surface area contributed by atoms with Crippen molar-refractivity contribution >= 4 is 5.91 Å². The first-order valence-corrected chi connectivity index (χ1v) is 7.68. The lowest BCUT2D eigenvalue weighted by Gasteiger charge is -2.33. The van der Waals surface area contributed by atoms with Crippen LogP contribution in [0.25, 0.3) is 0 Å². The summed E-state index contributed by atoms with van der Waals surface area (Å²) in [4.78, 5) is 13.2. The van der Waals surface area contributed by atoms with Crippen LogP contribution in [-0.4, -0.2) is 49.2 Å². The standard InChI is InChI=1S/C15H28N2O2/c1-11(2)15-13(6-9-19-15)10-16-14-4-7-17(8-5-14)12(3)18/h11,13-16H,4-10H2,1-3H3/t13-,15-/m1/s1. The Morgan fingerprint density at radius 1 is 1.32 bits per heavy atom. The van der Waals surface area contributed by atoms with E-state index in [2.05, 4.69) is 19.2 Å². The zero-order valence-electron chi connectivity index (χ0n) is 12.5. The number of ether oxygens (including phenoxy) is 1. The fourth-order valence-corrected chi connectivity index (χ4v) is 3.33. The lowest BCUT2D eigenvalue weighted by molar-refractivity contribution is -0.129. The van der Waals surface area contributed by atoms with Gasteiger partial charge in [-0.2, -0.15) is 0 Å². The van der Waals surface area contributed by atoms with Crippen molar-refractivity contribution in [2.45, 2.75) is 52.2 Å². The van der Waals surface area contributed by atoms with Gasteiger partial charge in [0.1, 0.15) is 0 Å². The van der Waals surface area contributed by atoms with Crippen molar-refractivity contribution in [3.8, 4) is 0 Å². The van der Waals surface area contributed by atoms with Gasteiger partial charge in [0.05, 0.1) is 6.10 Å². The third-order valence-electron chi connectivity index (χ3n) is 4.53. The second-order valence-electron chi connectivity index (χ2n) is 6.32. The van der Waals surface area contributed by atoms with E-state index in [9.17, 15) is 4.79 Å². The minimum Gasteiger partial charge on any atom is -0.378 e. The molecule has 2 atom stereocenters. The Labute approximate surface area is 116 Å². The predicted octanol–water partition coefficient (Wildman–Crippen LogP) is 1.65. The minimum absolute atomic E-state index is 0.211. The van der Waals surface area contributed by atoms with Gasteiger partial charge >= 0.3 is 0 Å². The molecule has 110 valence electrons. The molecule has 2 aliphatic rings. The van der Waals surface area contributed by atoms with Gasteiger partial charge in [-0.25, -0.2) is 0 Å². The molecule has 0 aromatic rings. The number of amides is 1. The van der Waals surface area contributed by atoms with Crippen LogP contribution in [0.1, 0.15) is 40.0 Å². The summed E-state index contributed by atoms with van der Waals surface area (Å²) in [6, 6.07) is 0.573. The average molecular weight is 268 g/mol. The molecule has 0 aliphatic carbocycles. The van der Waals surface area contributed by atoms with Crippen molar-refractivity contribution in [1.29, 1.82) is 0 Å². The lowest BCUT2D eigenvalue weighted by atomic mass is 9.92. The maximum absolute atomic E-state index is 11.3. The molecule has 0 unspecified atom stereocenters. The number of hydrogen-bond acceptors (Lipinski definition) is 3. The van der Waals surface area contributed by atoms with Gasteiger partial charge in [-0.05, 0) is 31.1 Å². The normalized spacial score (nSPS) is 29.2. The molecule has 2 rings (SSSR count). The molecule has 19 heavy (non-hydrogen) atoms. The summed E-state index contributed by atoms with van der Waals surface area (Å²) in [5, 5.41) is 3.69. The van der Waals surface area contributed by atoms with E-state index in [1.807, 2.05) is 4.90 Å². The third-order valence-corrected chi connectivity index (χ3v) is 4.53. The summed E-state index contributed by atoms with van der Waals surface area (Å²) in [7, 11) is 0. The molecule has 4 nitrogen and oxygen atoms in total. The van der Waals surface area contributed by atoms with E-state index >= 15 is 0 Å². The smallest absolute Gasteiger partial charge is 0.219 e. The molecule has 2 saturated heterocycles. The van der Waals surface area contributed by atoms with E-state index in [4.69, 9.17) is 4.74 Å². The van der Waals surface area contributed by atoms with Gasteiger partial charge in [0.25, 0.3) is 0 Å². The summed E-state index contributed by atoms with van der Waals surface area (Å²) in [6.45, 7) is 9.94. The van der Waals surface area contributed by atoms with Gasteiger partial charge in [0.2, 0.25) is 5.91 Å². The minimum atomic E-state index is 0.211. The predicted molar refractivity (Wildman–Crippen MR) is 76.0 cm³/mol. The SMILES string of the molecule is CC(=O)N1CCC(NC[C@H]2CCO[C@@H]2C(C)C)CC1. The number of likely N-dealkylation sites (tertiary alicyclic amines) is 1. The van der Waals surface area contributed by atoms with Crippen LogP contribution in [0.2, 0.25) is 0 Å². The Kier molecular flexibility index (Phi) is 5.22. The molecule has 2 aliphatic heterocycles. The van der Waals surface area contributed by atoms with Crippen LogP contribution >= 0.6 is 0 Å². The molecule has 0 radical (unpaired) electrons. The maximum Gasteiger partial charge on any atom is 0.219 e. The highest BCUT2D eigenvalue weighted by atomic mass is 16.5. The molecule has 2 fully saturated rings. The van der Waals surface area contributed by atoms with E-state index in [0.29, 0.717) is 24.0 Å². The number of hydrogen-bond donors (Lipinski definition) is 1. The zero-order valence-corrected chi connectivity index (χ0v) is 12.5. The van der Waals surface area contributed by atoms with Crippen LogP contribution in [0.15, 0.2) is 0 Å². The van der Waals surface area contributed by atoms with Crippen LogP contribution in [0.4, 0.5) is 0 Å². The van der Waals surface area contributed by atoms with Gasteiger partial charge in [-0.15, -0.1) is 0 Å². The topological polar surface area (TPSA) is 41.6 Å². The Morgan fingerprint density at radius 2 is 2.00 bits per heavy atom. The number of carbonyl (C=O) groups excluding carboxylic acids is 1. The van der Waals surface area contributed by atoms with E-state index in [1.165, 1.54) is 6.42 Å². The highest BCUT2D eigenvalue weighted by Gasteiger charge is 2.31. The molecule has 1 amide bonds. The molecular weight excluding hydrogens is 240 g/mol. The molecule has 0 bridgehead atoms. The molecule has 0 aromatic carbocycles. The van der Waals surface area contributed by atoms with Crippen molar-refractivity contribution in [3.63, 3.8) is 0 Å². The number of nitrogens with one attached hydrogen (secondary N) is 1. The molecule has 4 heteroatoms. The van der Waals surface area contributed by atoms with E-state index in [1.54, 1.807) is 6.92 Å². The summed E-state index contributed by atoms with van der Waals surface area (Å²) in [6.07, 6.45) is 3.77. The molecule has 0 spiro atoms. The second kappa shape index (κ2) is 6.71. The highest BCUT2D eigenvalue weighted by Crippen LogP contribution is 2.26. The number of carbonyl (C=O) groups is 1. The largest absolute Gasteiger partial charge is 0.378 e. The summed E-state index contributed by atoms with van der Waals surface area (Å²) in [5.41, 5.74) is 0. The molecule has 1 N–H and O–H groups in total. The third kappa shape index (κ3) is 3.93. The Hall–Kier alpha value is -0.610.